The van der Waals surface area contributed by atoms with Crippen LogP contribution < -0.4 is 11.1 Å². The first-order valence-corrected chi connectivity index (χ1v) is 6.02. The summed E-state index contributed by atoms with van der Waals surface area (Å²) in [5.41, 5.74) is 8.46. The zero-order valence-corrected chi connectivity index (χ0v) is 11.5. The molecule has 3 N–H and O–H groups in total. The number of nitrogens with two attached hydrogens (primary N) is 1. The van der Waals surface area contributed by atoms with Crippen molar-refractivity contribution in [3.8, 4) is 0 Å². The van der Waals surface area contributed by atoms with E-state index in [0.29, 0.717) is 0 Å². The van der Waals surface area contributed by atoms with Crippen molar-refractivity contribution in [3.05, 3.63) is 45.1 Å². The molecular formula is C13H15N5O2. The molecule has 2 aromatic rings. The number of nitro groups is 1. The lowest BCUT2D eigenvalue weighted by Crippen LogP contribution is -2.07. The fourth-order valence-electron chi connectivity index (χ4n) is 1.91. The molecule has 2 rings (SSSR count). The molecule has 7 heteroatoms. The number of nitrogen functional groups attached to an aromatic ring is 1. The largest absolute Gasteiger partial charge is 0.368 e. The van der Waals surface area contributed by atoms with E-state index in [9.17, 15) is 10.1 Å². The molecule has 104 valence electrons. The number of aromatic nitrogens is 2. The van der Waals surface area contributed by atoms with Gasteiger partial charge in [-0.1, -0.05) is 12.1 Å². The predicted molar refractivity (Wildman–Crippen MR) is 77.0 cm³/mol. The SMILES string of the molecule is Cc1cccc(Nc2nc(N)nc(C)c2[N+](=O)[O-])c1C. The lowest BCUT2D eigenvalue weighted by molar-refractivity contribution is -0.385. The van der Waals surface area contributed by atoms with Crippen molar-refractivity contribution in [2.75, 3.05) is 11.1 Å². The average Bonchev–Trinajstić information content (AvgIpc) is 2.33. The number of anilines is 3. The van der Waals surface area contributed by atoms with Crippen LogP contribution in [-0.4, -0.2) is 14.9 Å². The van der Waals surface area contributed by atoms with Crippen LogP contribution in [0.5, 0.6) is 0 Å². The summed E-state index contributed by atoms with van der Waals surface area (Å²) in [5.74, 6) is 0.106. The van der Waals surface area contributed by atoms with Crippen molar-refractivity contribution in [1.82, 2.24) is 9.97 Å². The third kappa shape index (κ3) is 2.51. The van der Waals surface area contributed by atoms with Crippen LogP contribution in [0.1, 0.15) is 16.8 Å². The van der Waals surface area contributed by atoms with E-state index in [1.165, 1.54) is 6.92 Å². The average molecular weight is 273 g/mol. The van der Waals surface area contributed by atoms with Gasteiger partial charge in [-0.05, 0) is 38.0 Å². The van der Waals surface area contributed by atoms with Crippen molar-refractivity contribution >= 4 is 23.1 Å². The molecule has 20 heavy (non-hydrogen) atoms. The van der Waals surface area contributed by atoms with Crippen molar-refractivity contribution in [2.45, 2.75) is 20.8 Å². The Bertz CT molecular complexity index is 685. The van der Waals surface area contributed by atoms with Crippen LogP contribution in [0, 0.1) is 30.9 Å². The fraction of sp³-hybridized carbons (Fsp3) is 0.231. The molecule has 0 aliphatic rings. The third-order valence-corrected chi connectivity index (χ3v) is 3.12. The van der Waals surface area contributed by atoms with Gasteiger partial charge in [0.05, 0.1) is 4.92 Å². The second-order valence-corrected chi connectivity index (χ2v) is 4.49. The van der Waals surface area contributed by atoms with E-state index in [1.54, 1.807) is 0 Å². The molecule has 7 nitrogen and oxygen atoms in total. The summed E-state index contributed by atoms with van der Waals surface area (Å²) in [4.78, 5) is 18.4. The van der Waals surface area contributed by atoms with Crippen LogP contribution in [0.2, 0.25) is 0 Å². The Morgan fingerprint density at radius 2 is 1.95 bits per heavy atom. The number of benzene rings is 1. The number of nitrogens with one attached hydrogen (secondary N) is 1. The summed E-state index contributed by atoms with van der Waals surface area (Å²) < 4.78 is 0. The quantitative estimate of drug-likeness (QED) is 0.657. The highest BCUT2D eigenvalue weighted by atomic mass is 16.6. The lowest BCUT2D eigenvalue weighted by Gasteiger charge is -2.11. The second kappa shape index (κ2) is 5.12. The van der Waals surface area contributed by atoms with Crippen LogP contribution >= 0.6 is 0 Å². The Labute approximate surface area is 116 Å². The molecule has 0 aliphatic carbocycles. The summed E-state index contributed by atoms with van der Waals surface area (Å²) in [5, 5.41) is 14.1. The Hall–Kier alpha value is -2.70. The monoisotopic (exact) mass is 273 g/mol. The van der Waals surface area contributed by atoms with E-state index in [-0.39, 0.29) is 23.1 Å². The Morgan fingerprint density at radius 1 is 1.25 bits per heavy atom. The molecular weight excluding hydrogens is 258 g/mol. The van der Waals surface area contributed by atoms with E-state index < -0.39 is 4.92 Å². The lowest BCUT2D eigenvalue weighted by atomic mass is 10.1. The van der Waals surface area contributed by atoms with E-state index >= 15 is 0 Å². The molecule has 0 bridgehead atoms. The summed E-state index contributed by atoms with van der Waals surface area (Å²) >= 11 is 0. The molecule has 0 saturated carbocycles. The van der Waals surface area contributed by atoms with Gasteiger partial charge in [0.25, 0.3) is 0 Å². The topological polar surface area (TPSA) is 107 Å². The van der Waals surface area contributed by atoms with Gasteiger partial charge in [0.15, 0.2) is 0 Å². The van der Waals surface area contributed by atoms with E-state index in [2.05, 4.69) is 15.3 Å². The highest BCUT2D eigenvalue weighted by Gasteiger charge is 2.22. The first kappa shape index (κ1) is 13.7. The molecule has 0 aliphatic heterocycles. The summed E-state index contributed by atoms with van der Waals surface area (Å²) in [7, 11) is 0. The van der Waals surface area contributed by atoms with Gasteiger partial charge in [0, 0.05) is 5.69 Å². The highest BCUT2D eigenvalue weighted by Crippen LogP contribution is 2.30. The zero-order chi connectivity index (χ0) is 14.9. The van der Waals surface area contributed by atoms with Gasteiger partial charge in [-0.25, -0.2) is 4.98 Å². The molecule has 0 saturated heterocycles. The van der Waals surface area contributed by atoms with Crippen molar-refractivity contribution in [1.29, 1.82) is 0 Å². The molecule has 1 heterocycles. The van der Waals surface area contributed by atoms with E-state index in [0.717, 1.165) is 16.8 Å². The molecule has 0 atom stereocenters. The minimum atomic E-state index is -0.512. The maximum absolute atomic E-state index is 11.1. The summed E-state index contributed by atoms with van der Waals surface area (Å²) in [6.07, 6.45) is 0. The second-order valence-electron chi connectivity index (χ2n) is 4.49. The smallest absolute Gasteiger partial charge is 0.332 e. The number of hydrogen-bond donors (Lipinski definition) is 2. The summed E-state index contributed by atoms with van der Waals surface area (Å²) in [6, 6.07) is 5.67. The van der Waals surface area contributed by atoms with Crippen molar-refractivity contribution < 1.29 is 4.92 Å². The van der Waals surface area contributed by atoms with Crippen LogP contribution in [0.25, 0.3) is 0 Å². The zero-order valence-electron chi connectivity index (χ0n) is 11.5. The molecule has 1 aromatic carbocycles. The van der Waals surface area contributed by atoms with Crippen LogP contribution in [0.4, 0.5) is 23.1 Å². The van der Waals surface area contributed by atoms with Crippen molar-refractivity contribution in [3.63, 3.8) is 0 Å². The van der Waals surface area contributed by atoms with Gasteiger partial charge in [-0.3, -0.25) is 10.1 Å². The van der Waals surface area contributed by atoms with E-state index in [4.69, 9.17) is 5.73 Å². The van der Waals surface area contributed by atoms with Crippen LogP contribution in [0.3, 0.4) is 0 Å². The molecule has 0 amide bonds. The standard InChI is InChI=1S/C13H15N5O2/c1-7-5-4-6-10(8(7)2)16-12-11(18(19)20)9(3)15-13(14)17-12/h4-6H,1-3H3,(H3,14,15,16,17). The van der Waals surface area contributed by atoms with Gasteiger partial charge in [0.2, 0.25) is 11.8 Å². The van der Waals surface area contributed by atoms with E-state index in [1.807, 2.05) is 32.0 Å². The number of nitrogens with zero attached hydrogens (tertiary/aromatic N) is 3. The molecule has 0 fully saturated rings. The van der Waals surface area contributed by atoms with Crippen molar-refractivity contribution in [2.24, 2.45) is 0 Å². The molecule has 1 aromatic heterocycles. The van der Waals surface area contributed by atoms with Gasteiger partial charge < -0.3 is 11.1 Å². The van der Waals surface area contributed by atoms with Gasteiger partial charge in [0.1, 0.15) is 5.69 Å². The first-order chi connectivity index (χ1) is 9.40. The molecule has 0 radical (unpaired) electrons. The minimum Gasteiger partial charge on any atom is -0.368 e. The molecule has 0 unspecified atom stereocenters. The van der Waals surface area contributed by atoms with Gasteiger partial charge in [-0.2, -0.15) is 4.98 Å². The fourth-order valence-corrected chi connectivity index (χ4v) is 1.91. The maximum Gasteiger partial charge on any atom is 0.332 e. The minimum absolute atomic E-state index is 0.000839. The van der Waals surface area contributed by atoms with Gasteiger partial charge in [-0.15, -0.1) is 0 Å². The number of rotatable bonds is 3. The van der Waals surface area contributed by atoms with Crippen LogP contribution in [-0.2, 0) is 0 Å². The Morgan fingerprint density at radius 3 is 2.60 bits per heavy atom. The highest BCUT2D eigenvalue weighted by molar-refractivity contribution is 5.70. The molecule has 0 spiro atoms. The third-order valence-electron chi connectivity index (χ3n) is 3.12. The first-order valence-electron chi connectivity index (χ1n) is 6.02. The predicted octanol–water partition coefficient (Wildman–Crippen LogP) is 2.64. The number of hydrogen-bond acceptors (Lipinski definition) is 6. The Kier molecular flexibility index (Phi) is 3.51. The Balaban J connectivity index is 2.53. The van der Waals surface area contributed by atoms with Gasteiger partial charge >= 0.3 is 5.69 Å². The van der Waals surface area contributed by atoms with Crippen LogP contribution in [0.15, 0.2) is 18.2 Å². The normalized spacial score (nSPS) is 10.3. The number of aryl methyl sites for hydroxylation is 2. The summed E-state index contributed by atoms with van der Waals surface area (Å²) in [6.45, 7) is 5.43. The maximum atomic E-state index is 11.1.